The molecule has 0 radical (unpaired) electrons. The third-order valence-corrected chi connectivity index (χ3v) is 6.04. The molecule has 1 amide bonds. The van der Waals surface area contributed by atoms with Gasteiger partial charge in [0.1, 0.15) is 5.69 Å². The SMILES string of the molecule is CC(=O)Nc1ccc(CN2CCCCC[C@H]2c2cc(-c3cccs3)on2)cc1. The third-order valence-electron chi connectivity index (χ3n) is 5.16. The van der Waals surface area contributed by atoms with Crippen LogP contribution < -0.4 is 5.32 Å². The van der Waals surface area contributed by atoms with E-state index in [4.69, 9.17) is 4.52 Å². The summed E-state index contributed by atoms with van der Waals surface area (Å²) in [4.78, 5) is 14.8. The number of rotatable bonds is 5. The quantitative estimate of drug-likeness (QED) is 0.621. The standard InChI is InChI=1S/C22H25N3O2S/c1-16(26)23-18-10-8-17(9-11-18)15-25-12-4-2-3-6-20(25)19-14-21(27-24-19)22-7-5-13-28-22/h5,7-11,13-14,20H,2-4,6,12,15H2,1H3,(H,23,26)/t20-/m0/s1. The Kier molecular flexibility index (Phi) is 5.88. The minimum absolute atomic E-state index is 0.0482. The second-order valence-electron chi connectivity index (χ2n) is 7.31. The summed E-state index contributed by atoms with van der Waals surface area (Å²) in [6.07, 6.45) is 4.77. The molecule has 146 valence electrons. The van der Waals surface area contributed by atoms with Crippen molar-refractivity contribution >= 4 is 22.9 Å². The van der Waals surface area contributed by atoms with E-state index >= 15 is 0 Å². The summed E-state index contributed by atoms with van der Waals surface area (Å²) in [6.45, 7) is 3.45. The summed E-state index contributed by atoms with van der Waals surface area (Å²) in [7, 11) is 0. The number of hydrogen-bond donors (Lipinski definition) is 1. The maximum Gasteiger partial charge on any atom is 0.221 e. The number of anilines is 1. The molecule has 0 spiro atoms. The van der Waals surface area contributed by atoms with Crippen LogP contribution in [0, 0.1) is 0 Å². The van der Waals surface area contributed by atoms with Crippen molar-refractivity contribution in [1.29, 1.82) is 0 Å². The Bertz CT molecular complexity index is 902. The van der Waals surface area contributed by atoms with Gasteiger partial charge in [0, 0.05) is 25.2 Å². The maximum atomic E-state index is 11.2. The van der Waals surface area contributed by atoms with E-state index in [2.05, 4.69) is 45.0 Å². The number of nitrogens with one attached hydrogen (secondary N) is 1. The zero-order valence-corrected chi connectivity index (χ0v) is 16.9. The minimum Gasteiger partial charge on any atom is -0.355 e. The van der Waals surface area contributed by atoms with Crippen LogP contribution in [0.15, 0.2) is 52.4 Å². The highest BCUT2D eigenvalue weighted by Gasteiger charge is 2.26. The predicted octanol–water partition coefficient (Wildman–Crippen LogP) is 5.48. The van der Waals surface area contributed by atoms with Crippen LogP contribution in [-0.4, -0.2) is 22.5 Å². The number of hydrogen-bond acceptors (Lipinski definition) is 5. The highest BCUT2D eigenvalue weighted by atomic mass is 32.1. The van der Waals surface area contributed by atoms with Crippen LogP contribution >= 0.6 is 11.3 Å². The Hall–Kier alpha value is -2.44. The molecule has 6 heteroatoms. The highest BCUT2D eigenvalue weighted by molar-refractivity contribution is 7.13. The second-order valence-corrected chi connectivity index (χ2v) is 8.25. The summed E-state index contributed by atoms with van der Waals surface area (Å²) >= 11 is 1.67. The molecule has 28 heavy (non-hydrogen) atoms. The number of carbonyl (C=O) groups is 1. The molecule has 0 saturated carbocycles. The third kappa shape index (κ3) is 4.51. The van der Waals surface area contributed by atoms with Gasteiger partial charge in [0.15, 0.2) is 5.76 Å². The molecular weight excluding hydrogens is 370 g/mol. The molecule has 4 rings (SSSR count). The lowest BCUT2D eigenvalue weighted by Gasteiger charge is -2.28. The lowest BCUT2D eigenvalue weighted by atomic mass is 10.1. The molecular formula is C22H25N3O2S. The molecule has 5 nitrogen and oxygen atoms in total. The first-order chi connectivity index (χ1) is 13.7. The van der Waals surface area contributed by atoms with Crippen LogP contribution in [0.3, 0.4) is 0 Å². The van der Waals surface area contributed by atoms with Gasteiger partial charge in [-0.05, 0) is 48.5 Å². The second kappa shape index (κ2) is 8.71. The first-order valence-electron chi connectivity index (χ1n) is 9.80. The Labute approximate surface area is 169 Å². The Morgan fingerprint density at radius 1 is 1.25 bits per heavy atom. The summed E-state index contributed by atoms with van der Waals surface area (Å²) in [5.74, 6) is 0.807. The number of likely N-dealkylation sites (tertiary alicyclic amines) is 1. The molecule has 3 heterocycles. The van der Waals surface area contributed by atoms with Gasteiger partial charge < -0.3 is 9.84 Å². The van der Waals surface area contributed by atoms with Crippen LogP contribution in [0.5, 0.6) is 0 Å². The van der Waals surface area contributed by atoms with E-state index in [1.165, 1.54) is 31.7 Å². The summed E-state index contributed by atoms with van der Waals surface area (Å²) < 4.78 is 5.65. The molecule has 0 aliphatic carbocycles. The van der Waals surface area contributed by atoms with Gasteiger partial charge in [-0.1, -0.05) is 36.2 Å². The molecule has 1 saturated heterocycles. The van der Waals surface area contributed by atoms with Crippen molar-refractivity contribution < 1.29 is 9.32 Å². The van der Waals surface area contributed by atoms with E-state index in [1.54, 1.807) is 11.3 Å². The fraction of sp³-hybridized carbons (Fsp3) is 0.364. The van der Waals surface area contributed by atoms with Crippen LogP contribution in [0.1, 0.15) is 49.9 Å². The van der Waals surface area contributed by atoms with Crippen molar-refractivity contribution in [3.8, 4) is 10.6 Å². The lowest BCUT2D eigenvalue weighted by Crippen LogP contribution is -2.28. The minimum atomic E-state index is -0.0482. The van der Waals surface area contributed by atoms with Gasteiger partial charge in [0.05, 0.1) is 10.9 Å². The molecule has 0 unspecified atom stereocenters. The summed E-state index contributed by atoms with van der Waals surface area (Å²) in [5, 5.41) is 9.30. The van der Waals surface area contributed by atoms with E-state index in [9.17, 15) is 4.79 Å². The van der Waals surface area contributed by atoms with E-state index < -0.39 is 0 Å². The lowest BCUT2D eigenvalue weighted by molar-refractivity contribution is -0.114. The van der Waals surface area contributed by atoms with E-state index in [1.807, 2.05) is 18.2 Å². The topological polar surface area (TPSA) is 58.4 Å². The van der Waals surface area contributed by atoms with Crippen molar-refractivity contribution in [1.82, 2.24) is 10.1 Å². The number of aromatic nitrogens is 1. The van der Waals surface area contributed by atoms with Crippen LogP contribution in [-0.2, 0) is 11.3 Å². The average molecular weight is 396 g/mol. The summed E-state index contributed by atoms with van der Waals surface area (Å²) in [6, 6.07) is 14.6. The highest BCUT2D eigenvalue weighted by Crippen LogP contribution is 2.34. The first kappa shape index (κ1) is 18.9. The zero-order chi connectivity index (χ0) is 19.3. The van der Waals surface area contributed by atoms with Crippen molar-refractivity contribution in [2.75, 3.05) is 11.9 Å². The fourth-order valence-corrected chi connectivity index (χ4v) is 4.48. The van der Waals surface area contributed by atoms with Crippen molar-refractivity contribution in [3.05, 3.63) is 59.1 Å². The number of nitrogens with zero attached hydrogens (tertiary/aromatic N) is 2. The van der Waals surface area contributed by atoms with Crippen molar-refractivity contribution in [2.24, 2.45) is 0 Å². The first-order valence-corrected chi connectivity index (χ1v) is 10.7. The van der Waals surface area contributed by atoms with Gasteiger partial charge in [0.2, 0.25) is 5.91 Å². The normalized spacial score (nSPS) is 18.0. The monoisotopic (exact) mass is 395 g/mol. The van der Waals surface area contributed by atoms with Gasteiger partial charge in [-0.3, -0.25) is 9.69 Å². The largest absolute Gasteiger partial charge is 0.355 e. The van der Waals surface area contributed by atoms with E-state index in [0.717, 1.165) is 41.5 Å². The molecule has 2 aromatic heterocycles. The van der Waals surface area contributed by atoms with Crippen LogP contribution in [0.4, 0.5) is 5.69 Å². The van der Waals surface area contributed by atoms with Gasteiger partial charge in [-0.2, -0.15) is 0 Å². The van der Waals surface area contributed by atoms with E-state index in [-0.39, 0.29) is 11.9 Å². The van der Waals surface area contributed by atoms with Gasteiger partial charge in [0.25, 0.3) is 0 Å². The molecule has 1 atom stereocenters. The Balaban J connectivity index is 1.51. The van der Waals surface area contributed by atoms with Gasteiger partial charge in [-0.15, -0.1) is 11.3 Å². The fourth-order valence-electron chi connectivity index (χ4n) is 3.80. The number of carbonyl (C=O) groups excluding carboxylic acids is 1. The summed E-state index contributed by atoms with van der Waals surface area (Å²) in [5.41, 5.74) is 3.10. The molecule has 1 aliphatic heterocycles. The van der Waals surface area contributed by atoms with Gasteiger partial charge in [-0.25, -0.2) is 0 Å². The smallest absolute Gasteiger partial charge is 0.221 e. The van der Waals surface area contributed by atoms with Crippen LogP contribution in [0.2, 0.25) is 0 Å². The number of thiophene rings is 1. The molecule has 3 aromatic rings. The molecule has 0 bridgehead atoms. The van der Waals surface area contributed by atoms with E-state index in [0.29, 0.717) is 0 Å². The van der Waals surface area contributed by atoms with Crippen molar-refractivity contribution in [3.63, 3.8) is 0 Å². The molecule has 1 aliphatic rings. The number of amides is 1. The van der Waals surface area contributed by atoms with Gasteiger partial charge >= 0.3 is 0 Å². The predicted molar refractivity (Wildman–Crippen MR) is 112 cm³/mol. The molecule has 1 N–H and O–H groups in total. The Morgan fingerprint density at radius 3 is 2.86 bits per heavy atom. The molecule has 1 fully saturated rings. The number of benzene rings is 1. The average Bonchev–Trinajstić information content (AvgIpc) is 3.32. The molecule has 1 aromatic carbocycles. The maximum absolute atomic E-state index is 11.2. The van der Waals surface area contributed by atoms with Crippen molar-refractivity contribution in [2.45, 2.75) is 45.2 Å². The Morgan fingerprint density at radius 2 is 2.11 bits per heavy atom. The van der Waals surface area contributed by atoms with Crippen LogP contribution in [0.25, 0.3) is 10.6 Å². The zero-order valence-electron chi connectivity index (χ0n) is 16.1.